The Labute approximate surface area is 92.2 Å². The van der Waals surface area contributed by atoms with Crippen LogP contribution in [0.2, 0.25) is 5.02 Å². The molecule has 14 heavy (non-hydrogen) atoms. The second-order valence-corrected chi connectivity index (χ2v) is 3.76. The van der Waals surface area contributed by atoms with E-state index < -0.39 is 17.9 Å². The highest BCUT2D eigenvalue weighted by molar-refractivity contribution is 9.10. The summed E-state index contributed by atoms with van der Waals surface area (Å²) in [6.45, 7) is 0. The number of hydrogen-bond donors (Lipinski definition) is 2. The van der Waals surface area contributed by atoms with Gasteiger partial charge in [-0.05, 0) is 28.1 Å². The van der Waals surface area contributed by atoms with Crippen LogP contribution in [0, 0.1) is 5.82 Å². The van der Waals surface area contributed by atoms with Crippen LogP contribution in [0.15, 0.2) is 16.6 Å². The number of benzene rings is 1. The zero-order valence-corrected chi connectivity index (χ0v) is 9.01. The Morgan fingerprint density at radius 1 is 1.57 bits per heavy atom. The molecule has 0 spiro atoms. The van der Waals surface area contributed by atoms with Gasteiger partial charge in [-0.2, -0.15) is 0 Å². The number of rotatable bonds is 2. The van der Waals surface area contributed by atoms with Gasteiger partial charge in [0.25, 0.3) is 0 Å². The van der Waals surface area contributed by atoms with Gasteiger partial charge in [0, 0.05) is 10.0 Å². The van der Waals surface area contributed by atoms with Crippen molar-refractivity contribution in [3.05, 3.63) is 33.0 Å². The van der Waals surface area contributed by atoms with E-state index in [1.165, 1.54) is 0 Å². The predicted octanol–water partition coefficient (Wildman–Crippen LogP) is 2.36. The summed E-state index contributed by atoms with van der Waals surface area (Å²) in [6.07, 6.45) is -1.82. The van der Waals surface area contributed by atoms with Gasteiger partial charge < -0.3 is 10.2 Å². The maximum absolute atomic E-state index is 12.8. The van der Waals surface area contributed by atoms with E-state index in [9.17, 15) is 9.18 Å². The van der Waals surface area contributed by atoms with E-state index in [0.29, 0.717) is 0 Å². The van der Waals surface area contributed by atoms with Crippen LogP contribution in [0.3, 0.4) is 0 Å². The highest BCUT2D eigenvalue weighted by atomic mass is 79.9. The molecule has 0 radical (unpaired) electrons. The molecule has 0 aromatic heterocycles. The first kappa shape index (κ1) is 11.4. The largest absolute Gasteiger partial charge is 0.479 e. The lowest BCUT2D eigenvalue weighted by Crippen LogP contribution is -2.11. The minimum absolute atomic E-state index is 0.0127. The van der Waals surface area contributed by atoms with E-state index in [-0.39, 0.29) is 15.1 Å². The molecule has 1 aromatic rings. The predicted molar refractivity (Wildman–Crippen MR) is 51.7 cm³/mol. The maximum atomic E-state index is 12.8. The fraction of sp³-hybridized carbons (Fsp3) is 0.125. The molecule has 76 valence electrons. The Morgan fingerprint density at radius 2 is 2.14 bits per heavy atom. The molecule has 3 nitrogen and oxygen atoms in total. The second-order valence-electron chi connectivity index (χ2n) is 2.53. The Morgan fingerprint density at radius 3 is 2.64 bits per heavy atom. The van der Waals surface area contributed by atoms with Crippen molar-refractivity contribution in [3.8, 4) is 0 Å². The van der Waals surface area contributed by atoms with Crippen molar-refractivity contribution in [1.82, 2.24) is 0 Å². The molecule has 1 rings (SSSR count). The van der Waals surface area contributed by atoms with Crippen molar-refractivity contribution in [1.29, 1.82) is 0 Å². The number of carbonyl (C=O) groups is 1. The van der Waals surface area contributed by atoms with Gasteiger partial charge in [0.2, 0.25) is 0 Å². The number of hydrogen-bond acceptors (Lipinski definition) is 2. The van der Waals surface area contributed by atoms with E-state index >= 15 is 0 Å². The summed E-state index contributed by atoms with van der Waals surface area (Å²) >= 11 is 8.61. The first-order chi connectivity index (χ1) is 6.43. The molecule has 0 aliphatic rings. The fourth-order valence-electron chi connectivity index (χ4n) is 0.908. The zero-order valence-electron chi connectivity index (χ0n) is 6.67. The Hall–Kier alpha value is -0.650. The standard InChI is InChI=1S/C8H5BrClFO3/c9-5-2-3(11)1-4(6(5)10)7(12)8(13)14/h1-2,7,12H,(H,13,14). The third-order valence-corrected chi connectivity index (χ3v) is 2.83. The molecule has 0 amide bonds. The number of carboxylic acids is 1. The SMILES string of the molecule is O=C(O)C(O)c1cc(F)cc(Br)c1Cl. The lowest BCUT2D eigenvalue weighted by atomic mass is 10.1. The smallest absolute Gasteiger partial charge is 0.337 e. The molecule has 0 bridgehead atoms. The van der Waals surface area contributed by atoms with Gasteiger partial charge in [0.1, 0.15) is 5.82 Å². The van der Waals surface area contributed by atoms with Crippen molar-refractivity contribution in [2.24, 2.45) is 0 Å². The molecule has 0 aliphatic heterocycles. The first-order valence-electron chi connectivity index (χ1n) is 3.48. The van der Waals surface area contributed by atoms with Crippen LogP contribution in [0.5, 0.6) is 0 Å². The average Bonchev–Trinajstić information content (AvgIpc) is 2.09. The number of aliphatic carboxylic acids is 1. The highest BCUT2D eigenvalue weighted by Gasteiger charge is 2.21. The Bertz CT molecular complexity index is 383. The summed E-state index contributed by atoms with van der Waals surface area (Å²) in [5.41, 5.74) is -0.175. The van der Waals surface area contributed by atoms with Gasteiger partial charge in [0.15, 0.2) is 6.10 Å². The molecule has 0 heterocycles. The van der Waals surface area contributed by atoms with Crippen molar-refractivity contribution in [3.63, 3.8) is 0 Å². The molecule has 1 aromatic carbocycles. The minimum Gasteiger partial charge on any atom is -0.479 e. The van der Waals surface area contributed by atoms with E-state index in [1.54, 1.807) is 0 Å². The highest BCUT2D eigenvalue weighted by Crippen LogP contribution is 2.31. The third-order valence-electron chi connectivity index (χ3n) is 1.55. The van der Waals surface area contributed by atoms with Gasteiger partial charge in [-0.1, -0.05) is 11.6 Å². The minimum atomic E-state index is -1.82. The summed E-state index contributed by atoms with van der Waals surface area (Å²) < 4.78 is 13.0. The lowest BCUT2D eigenvalue weighted by Gasteiger charge is -2.09. The lowest BCUT2D eigenvalue weighted by molar-refractivity contribution is -0.146. The first-order valence-corrected chi connectivity index (χ1v) is 4.66. The molecule has 0 fully saturated rings. The number of aliphatic hydroxyl groups is 1. The van der Waals surface area contributed by atoms with Gasteiger partial charge in [-0.15, -0.1) is 0 Å². The van der Waals surface area contributed by atoms with Crippen LogP contribution < -0.4 is 0 Å². The Kier molecular flexibility index (Phi) is 3.47. The van der Waals surface area contributed by atoms with E-state index in [4.69, 9.17) is 21.8 Å². The van der Waals surface area contributed by atoms with Gasteiger partial charge in [-0.3, -0.25) is 0 Å². The monoisotopic (exact) mass is 282 g/mol. The topological polar surface area (TPSA) is 57.5 Å². The maximum Gasteiger partial charge on any atom is 0.337 e. The molecule has 1 unspecified atom stereocenters. The van der Waals surface area contributed by atoms with E-state index in [1.807, 2.05) is 0 Å². The zero-order chi connectivity index (χ0) is 10.9. The second kappa shape index (κ2) is 4.25. The molecule has 0 aliphatic carbocycles. The quantitative estimate of drug-likeness (QED) is 0.819. The van der Waals surface area contributed by atoms with E-state index in [2.05, 4.69) is 15.9 Å². The van der Waals surface area contributed by atoms with Crippen LogP contribution in [0.1, 0.15) is 11.7 Å². The third kappa shape index (κ3) is 2.23. The van der Waals surface area contributed by atoms with Crippen molar-refractivity contribution in [2.45, 2.75) is 6.10 Å². The fourth-order valence-corrected chi connectivity index (χ4v) is 1.57. The van der Waals surface area contributed by atoms with Crippen LogP contribution in [-0.4, -0.2) is 16.2 Å². The van der Waals surface area contributed by atoms with Crippen molar-refractivity contribution in [2.75, 3.05) is 0 Å². The number of aliphatic hydroxyl groups excluding tert-OH is 1. The van der Waals surface area contributed by atoms with Gasteiger partial charge in [-0.25, -0.2) is 9.18 Å². The normalized spacial score (nSPS) is 12.6. The van der Waals surface area contributed by atoms with Gasteiger partial charge >= 0.3 is 5.97 Å². The molecular weight excluding hydrogens is 278 g/mol. The molecule has 0 saturated carbocycles. The summed E-state index contributed by atoms with van der Waals surface area (Å²) in [5.74, 6) is -2.15. The Balaban J connectivity index is 3.26. The molecule has 2 N–H and O–H groups in total. The van der Waals surface area contributed by atoms with Crippen LogP contribution >= 0.6 is 27.5 Å². The van der Waals surface area contributed by atoms with Crippen molar-refractivity contribution >= 4 is 33.5 Å². The van der Waals surface area contributed by atoms with Crippen molar-refractivity contribution < 1.29 is 19.4 Å². The van der Waals surface area contributed by atoms with Crippen LogP contribution in [0.25, 0.3) is 0 Å². The van der Waals surface area contributed by atoms with Crippen LogP contribution in [0.4, 0.5) is 4.39 Å². The molecular formula is C8H5BrClFO3. The summed E-state index contributed by atoms with van der Waals surface area (Å²) in [5, 5.41) is 17.6. The summed E-state index contributed by atoms with van der Waals surface area (Å²) in [4.78, 5) is 10.4. The van der Waals surface area contributed by atoms with Crippen LogP contribution in [-0.2, 0) is 4.79 Å². The summed E-state index contributed by atoms with van der Waals surface area (Å²) in [7, 11) is 0. The van der Waals surface area contributed by atoms with E-state index in [0.717, 1.165) is 12.1 Å². The molecule has 0 saturated heterocycles. The van der Waals surface area contributed by atoms with Gasteiger partial charge in [0.05, 0.1) is 5.02 Å². The number of halogens is 3. The average molecular weight is 283 g/mol. The number of carboxylic acid groups (broad SMARTS) is 1. The molecule has 1 atom stereocenters. The summed E-state index contributed by atoms with van der Waals surface area (Å²) in [6, 6.07) is 1.96. The molecule has 6 heteroatoms.